The SMILES string of the molecule is NC(=NC(=O)CNS(=O)(=O)c1ccc2ccccc2c1)c1ccc(C[C@H](N)C(=O)N2CCCCC2)cc1. The van der Waals surface area contributed by atoms with E-state index < -0.39 is 28.5 Å². The van der Waals surface area contributed by atoms with Crippen molar-refractivity contribution in [1.82, 2.24) is 9.62 Å². The second-order valence-electron chi connectivity index (χ2n) is 9.12. The smallest absolute Gasteiger partial charge is 0.262 e. The first-order valence-electron chi connectivity index (χ1n) is 12.2. The Balaban J connectivity index is 1.33. The van der Waals surface area contributed by atoms with Crippen molar-refractivity contribution in [3.8, 4) is 0 Å². The van der Waals surface area contributed by atoms with E-state index in [1.165, 1.54) is 6.07 Å². The molecule has 4 rings (SSSR count). The molecule has 9 nitrogen and oxygen atoms in total. The van der Waals surface area contributed by atoms with Crippen molar-refractivity contribution in [2.45, 2.75) is 36.6 Å². The van der Waals surface area contributed by atoms with Crippen molar-refractivity contribution in [3.63, 3.8) is 0 Å². The summed E-state index contributed by atoms with van der Waals surface area (Å²) in [6, 6.07) is 18.5. The van der Waals surface area contributed by atoms with Gasteiger partial charge in [-0.25, -0.2) is 13.1 Å². The normalized spacial score (nSPS) is 15.5. The molecule has 0 spiro atoms. The number of carbonyl (C=O) groups excluding carboxylic acids is 2. The number of aliphatic imine (C=N–C) groups is 1. The van der Waals surface area contributed by atoms with Crippen molar-refractivity contribution in [2.75, 3.05) is 19.6 Å². The largest absolute Gasteiger partial charge is 0.383 e. The number of nitrogens with one attached hydrogen (secondary N) is 1. The van der Waals surface area contributed by atoms with E-state index in [1.807, 2.05) is 29.2 Å². The van der Waals surface area contributed by atoms with Gasteiger partial charge in [0.25, 0.3) is 5.91 Å². The molecule has 0 unspecified atom stereocenters. The number of piperidine rings is 1. The van der Waals surface area contributed by atoms with E-state index in [0.29, 0.717) is 12.0 Å². The number of amides is 2. The molecule has 1 atom stereocenters. The third kappa shape index (κ3) is 6.79. The Kier molecular flexibility index (Phi) is 8.32. The Labute approximate surface area is 216 Å². The van der Waals surface area contributed by atoms with Crippen LogP contribution in [0, 0.1) is 0 Å². The molecule has 194 valence electrons. The number of benzene rings is 3. The quantitative estimate of drug-likeness (QED) is 0.305. The number of carbonyl (C=O) groups is 2. The third-order valence-electron chi connectivity index (χ3n) is 6.38. The van der Waals surface area contributed by atoms with Crippen LogP contribution in [0.5, 0.6) is 0 Å². The lowest BCUT2D eigenvalue weighted by Gasteiger charge is -2.29. The average molecular weight is 522 g/mol. The fourth-order valence-corrected chi connectivity index (χ4v) is 5.32. The Hall–Kier alpha value is -3.60. The summed E-state index contributed by atoms with van der Waals surface area (Å²) in [5.41, 5.74) is 13.5. The molecule has 0 aliphatic carbocycles. The van der Waals surface area contributed by atoms with Gasteiger partial charge in [-0.2, -0.15) is 4.99 Å². The molecular weight excluding hydrogens is 490 g/mol. The van der Waals surface area contributed by atoms with Crippen LogP contribution in [0.1, 0.15) is 30.4 Å². The Morgan fingerprint density at radius 3 is 2.32 bits per heavy atom. The number of sulfonamides is 1. The molecule has 5 N–H and O–H groups in total. The number of hydrogen-bond donors (Lipinski definition) is 3. The van der Waals surface area contributed by atoms with Crippen LogP contribution in [0.3, 0.4) is 0 Å². The number of nitrogens with zero attached hydrogens (tertiary/aromatic N) is 2. The van der Waals surface area contributed by atoms with E-state index in [-0.39, 0.29) is 16.6 Å². The molecule has 0 saturated carbocycles. The second-order valence-corrected chi connectivity index (χ2v) is 10.9. The summed E-state index contributed by atoms with van der Waals surface area (Å²) in [6.07, 6.45) is 3.55. The van der Waals surface area contributed by atoms with Crippen LogP contribution < -0.4 is 16.2 Å². The average Bonchev–Trinajstić information content (AvgIpc) is 2.92. The van der Waals surface area contributed by atoms with Gasteiger partial charge in [-0.15, -0.1) is 0 Å². The van der Waals surface area contributed by atoms with E-state index in [1.54, 1.807) is 36.4 Å². The van der Waals surface area contributed by atoms with Crippen LogP contribution in [0.15, 0.2) is 76.6 Å². The monoisotopic (exact) mass is 521 g/mol. The molecule has 1 saturated heterocycles. The van der Waals surface area contributed by atoms with Crippen LogP contribution in [-0.2, 0) is 26.0 Å². The minimum absolute atomic E-state index is 0.0323. The van der Waals surface area contributed by atoms with Gasteiger partial charge in [0.2, 0.25) is 15.9 Å². The summed E-state index contributed by atoms with van der Waals surface area (Å²) in [6.45, 7) is 0.983. The zero-order chi connectivity index (χ0) is 26.4. The van der Waals surface area contributed by atoms with E-state index in [9.17, 15) is 18.0 Å². The Bertz CT molecular complexity index is 1410. The molecule has 0 aromatic heterocycles. The van der Waals surface area contributed by atoms with Crippen LogP contribution in [0.2, 0.25) is 0 Å². The lowest BCUT2D eigenvalue weighted by molar-refractivity contribution is -0.133. The number of rotatable bonds is 8. The van der Waals surface area contributed by atoms with E-state index >= 15 is 0 Å². The minimum atomic E-state index is -3.90. The zero-order valence-corrected chi connectivity index (χ0v) is 21.3. The number of amidine groups is 1. The van der Waals surface area contributed by atoms with Crippen molar-refractivity contribution in [2.24, 2.45) is 16.5 Å². The molecule has 1 aliphatic heterocycles. The van der Waals surface area contributed by atoms with Gasteiger partial charge >= 0.3 is 0 Å². The molecule has 1 fully saturated rings. The predicted molar refractivity (Wildman–Crippen MR) is 143 cm³/mol. The highest BCUT2D eigenvalue weighted by Gasteiger charge is 2.22. The van der Waals surface area contributed by atoms with Gasteiger partial charge in [-0.3, -0.25) is 9.59 Å². The van der Waals surface area contributed by atoms with Crippen molar-refractivity contribution in [1.29, 1.82) is 0 Å². The number of nitrogens with two attached hydrogens (primary N) is 2. The maximum absolute atomic E-state index is 12.6. The summed E-state index contributed by atoms with van der Waals surface area (Å²) in [5, 5.41) is 1.69. The van der Waals surface area contributed by atoms with Gasteiger partial charge in [-0.1, -0.05) is 54.6 Å². The molecule has 10 heteroatoms. The standard InChI is InChI=1S/C27H31N5O4S/c28-24(27(34)32-14-4-1-5-15-32)16-19-8-10-21(11-9-19)26(29)31-25(33)18-30-37(35,36)23-13-12-20-6-2-3-7-22(20)17-23/h2-3,6-13,17,24,30H,1,4-5,14-16,18,28H2,(H2,29,31,33)/t24-/m0/s1. The highest BCUT2D eigenvalue weighted by atomic mass is 32.2. The molecule has 1 heterocycles. The fourth-order valence-electron chi connectivity index (χ4n) is 4.31. The highest BCUT2D eigenvalue weighted by Crippen LogP contribution is 2.19. The first kappa shape index (κ1) is 26.5. The number of likely N-dealkylation sites (tertiary alicyclic amines) is 1. The lowest BCUT2D eigenvalue weighted by Crippen LogP contribution is -2.46. The minimum Gasteiger partial charge on any atom is -0.383 e. The van der Waals surface area contributed by atoms with Gasteiger partial charge in [0.1, 0.15) is 5.84 Å². The van der Waals surface area contributed by atoms with Crippen molar-refractivity contribution in [3.05, 3.63) is 77.9 Å². The lowest BCUT2D eigenvalue weighted by atomic mass is 10.0. The van der Waals surface area contributed by atoms with E-state index in [4.69, 9.17) is 11.5 Å². The Morgan fingerprint density at radius 2 is 1.62 bits per heavy atom. The third-order valence-corrected chi connectivity index (χ3v) is 7.78. The van der Waals surface area contributed by atoms with Crippen molar-refractivity contribution >= 4 is 38.4 Å². The van der Waals surface area contributed by atoms with Crippen LogP contribution in [0.25, 0.3) is 10.8 Å². The maximum atomic E-state index is 12.6. The molecular formula is C27H31N5O4S. The molecule has 37 heavy (non-hydrogen) atoms. The molecule has 0 bridgehead atoms. The van der Waals surface area contributed by atoms with Crippen LogP contribution >= 0.6 is 0 Å². The summed E-state index contributed by atoms with van der Waals surface area (Å²) >= 11 is 0. The summed E-state index contributed by atoms with van der Waals surface area (Å²) in [4.78, 5) is 30.6. The predicted octanol–water partition coefficient (Wildman–Crippen LogP) is 1.93. The van der Waals surface area contributed by atoms with Crippen LogP contribution in [0.4, 0.5) is 0 Å². The fraction of sp³-hybridized carbons (Fsp3) is 0.296. The summed E-state index contributed by atoms with van der Waals surface area (Å²) in [5.74, 6) is -0.795. The van der Waals surface area contributed by atoms with Gasteiger partial charge in [0.15, 0.2) is 0 Å². The first-order chi connectivity index (χ1) is 17.7. The molecule has 1 aliphatic rings. The summed E-state index contributed by atoms with van der Waals surface area (Å²) in [7, 11) is -3.90. The zero-order valence-electron chi connectivity index (χ0n) is 20.5. The molecule has 2 amide bonds. The number of hydrogen-bond acceptors (Lipinski definition) is 5. The van der Waals surface area contributed by atoms with E-state index in [2.05, 4.69) is 9.71 Å². The summed E-state index contributed by atoms with van der Waals surface area (Å²) < 4.78 is 27.5. The number of fused-ring (bicyclic) bond motifs is 1. The second kappa shape index (κ2) is 11.6. The van der Waals surface area contributed by atoms with Gasteiger partial charge in [0.05, 0.1) is 17.5 Å². The van der Waals surface area contributed by atoms with E-state index in [0.717, 1.165) is 48.7 Å². The van der Waals surface area contributed by atoms with Crippen LogP contribution in [-0.4, -0.2) is 56.6 Å². The maximum Gasteiger partial charge on any atom is 0.262 e. The van der Waals surface area contributed by atoms with Crippen molar-refractivity contribution < 1.29 is 18.0 Å². The molecule has 0 radical (unpaired) electrons. The highest BCUT2D eigenvalue weighted by molar-refractivity contribution is 7.89. The Morgan fingerprint density at radius 1 is 0.946 bits per heavy atom. The molecule has 3 aromatic carbocycles. The van der Waals surface area contributed by atoms with Gasteiger partial charge in [0, 0.05) is 18.7 Å². The first-order valence-corrected chi connectivity index (χ1v) is 13.7. The van der Waals surface area contributed by atoms with Gasteiger partial charge < -0.3 is 16.4 Å². The van der Waals surface area contributed by atoms with Gasteiger partial charge in [-0.05, 0) is 54.2 Å². The topological polar surface area (TPSA) is 148 Å². The molecule has 3 aromatic rings.